The summed E-state index contributed by atoms with van der Waals surface area (Å²) >= 11 is 12.1. The summed E-state index contributed by atoms with van der Waals surface area (Å²) in [5.74, 6) is 0.689. The lowest BCUT2D eigenvalue weighted by Crippen LogP contribution is -2.20. The number of fused-ring (bicyclic) bond motifs is 1. The van der Waals surface area contributed by atoms with Crippen LogP contribution < -0.4 is 4.74 Å². The maximum Gasteiger partial charge on any atom is 0.170 e. The number of ether oxygens (including phenoxy) is 1. The first-order chi connectivity index (χ1) is 9.54. The van der Waals surface area contributed by atoms with Gasteiger partial charge in [-0.1, -0.05) is 40.9 Å². The van der Waals surface area contributed by atoms with Crippen LogP contribution >= 0.6 is 23.2 Å². The van der Waals surface area contributed by atoms with Gasteiger partial charge in [0, 0.05) is 15.6 Å². The lowest BCUT2D eigenvalue weighted by Gasteiger charge is -2.26. The maximum absolute atomic E-state index is 12.3. The molecule has 3 rings (SSSR count). The van der Waals surface area contributed by atoms with E-state index in [9.17, 15) is 4.79 Å². The molecule has 0 aliphatic carbocycles. The molecule has 20 heavy (non-hydrogen) atoms. The summed E-state index contributed by atoms with van der Waals surface area (Å²) in [5, 5.41) is 1.09. The van der Waals surface area contributed by atoms with Crippen molar-refractivity contribution in [1.29, 1.82) is 0 Å². The standard InChI is InChI=1S/C16H12Cl2O2/c1-9-2-5-15-12(6-9)14(19)8-16(20-15)11-4-3-10(17)7-13(11)18/h2-7,16H,8H2,1H3. The molecular weight excluding hydrogens is 295 g/mol. The Bertz CT molecular complexity index is 695. The highest BCUT2D eigenvalue weighted by atomic mass is 35.5. The lowest BCUT2D eigenvalue weighted by molar-refractivity contribution is 0.0850. The van der Waals surface area contributed by atoms with Gasteiger partial charge in [-0.3, -0.25) is 4.79 Å². The molecule has 0 saturated carbocycles. The second-order valence-corrected chi connectivity index (χ2v) is 5.74. The Morgan fingerprint density at radius 2 is 1.95 bits per heavy atom. The van der Waals surface area contributed by atoms with E-state index in [0.717, 1.165) is 11.1 Å². The molecule has 1 heterocycles. The summed E-state index contributed by atoms with van der Waals surface area (Å²) in [6.45, 7) is 1.95. The molecule has 0 aromatic heterocycles. The molecule has 102 valence electrons. The van der Waals surface area contributed by atoms with Gasteiger partial charge in [0.05, 0.1) is 12.0 Å². The fourth-order valence-electron chi connectivity index (χ4n) is 2.37. The van der Waals surface area contributed by atoms with Crippen LogP contribution in [0.25, 0.3) is 0 Å². The Hall–Kier alpha value is -1.51. The Kier molecular flexibility index (Phi) is 3.45. The Balaban J connectivity index is 1.99. The number of ketones is 1. The number of benzene rings is 2. The maximum atomic E-state index is 12.3. The first-order valence-corrected chi connectivity index (χ1v) is 7.05. The molecule has 1 aliphatic heterocycles. The van der Waals surface area contributed by atoms with E-state index in [-0.39, 0.29) is 18.3 Å². The average Bonchev–Trinajstić information content (AvgIpc) is 2.39. The average molecular weight is 307 g/mol. The third kappa shape index (κ3) is 2.41. The second-order valence-electron chi connectivity index (χ2n) is 4.90. The van der Waals surface area contributed by atoms with E-state index in [4.69, 9.17) is 27.9 Å². The molecular formula is C16H12Cl2O2. The Morgan fingerprint density at radius 3 is 2.70 bits per heavy atom. The first kappa shape index (κ1) is 13.5. The predicted octanol–water partition coefficient (Wildman–Crippen LogP) is 5.01. The summed E-state index contributed by atoms with van der Waals surface area (Å²) in [4.78, 5) is 12.3. The van der Waals surface area contributed by atoms with Crippen molar-refractivity contribution in [3.63, 3.8) is 0 Å². The molecule has 0 amide bonds. The van der Waals surface area contributed by atoms with Gasteiger partial charge >= 0.3 is 0 Å². The summed E-state index contributed by atoms with van der Waals surface area (Å²) in [6, 6.07) is 10.8. The number of carbonyl (C=O) groups excluding carboxylic acids is 1. The molecule has 2 nitrogen and oxygen atoms in total. The van der Waals surface area contributed by atoms with E-state index in [1.54, 1.807) is 12.1 Å². The topological polar surface area (TPSA) is 26.3 Å². The molecule has 0 N–H and O–H groups in total. The molecule has 2 aromatic carbocycles. The molecule has 1 aliphatic rings. The second kappa shape index (κ2) is 5.12. The lowest BCUT2D eigenvalue weighted by atomic mass is 9.95. The van der Waals surface area contributed by atoms with E-state index >= 15 is 0 Å². The molecule has 1 unspecified atom stereocenters. The highest BCUT2D eigenvalue weighted by Gasteiger charge is 2.28. The Morgan fingerprint density at radius 1 is 1.15 bits per heavy atom. The summed E-state index contributed by atoms with van der Waals surface area (Å²) < 4.78 is 5.92. The van der Waals surface area contributed by atoms with Gasteiger partial charge in [0.2, 0.25) is 0 Å². The predicted molar refractivity (Wildman–Crippen MR) is 80.0 cm³/mol. The zero-order chi connectivity index (χ0) is 14.3. The number of halogens is 2. The Labute approximate surface area is 127 Å². The third-order valence-electron chi connectivity index (χ3n) is 3.38. The molecule has 0 bridgehead atoms. The van der Waals surface area contributed by atoms with Gasteiger partial charge in [-0.25, -0.2) is 0 Å². The van der Waals surface area contributed by atoms with Gasteiger partial charge in [0.1, 0.15) is 11.9 Å². The fraction of sp³-hybridized carbons (Fsp3) is 0.188. The van der Waals surface area contributed by atoms with Crippen LogP contribution in [0.1, 0.15) is 34.0 Å². The molecule has 2 aromatic rings. The van der Waals surface area contributed by atoms with E-state index in [1.807, 2.05) is 31.2 Å². The summed E-state index contributed by atoms with van der Waals surface area (Å²) in [5.41, 5.74) is 2.48. The molecule has 1 atom stereocenters. The van der Waals surface area contributed by atoms with E-state index in [1.165, 1.54) is 0 Å². The molecule has 4 heteroatoms. The van der Waals surface area contributed by atoms with Gasteiger partial charge in [-0.2, -0.15) is 0 Å². The number of hydrogen-bond donors (Lipinski definition) is 0. The number of hydrogen-bond acceptors (Lipinski definition) is 2. The van der Waals surface area contributed by atoms with Crippen LogP contribution in [0.3, 0.4) is 0 Å². The van der Waals surface area contributed by atoms with Crippen molar-refractivity contribution in [2.45, 2.75) is 19.4 Å². The van der Waals surface area contributed by atoms with E-state index in [2.05, 4.69) is 0 Å². The molecule has 0 saturated heterocycles. The van der Waals surface area contributed by atoms with Crippen molar-refractivity contribution in [3.8, 4) is 5.75 Å². The third-order valence-corrected chi connectivity index (χ3v) is 3.95. The minimum absolute atomic E-state index is 0.0750. The highest BCUT2D eigenvalue weighted by molar-refractivity contribution is 6.35. The quantitative estimate of drug-likeness (QED) is 0.740. The van der Waals surface area contributed by atoms with E-state index in [0.29, 0.717) is 21.4 Å². The van der Waals surface area contributed by atoms with Crippen LogP contribution in [0, 0.1) is 6.92 Å². The van der Waals surface area contributed by atoms with Crippen LogP contribution in [-0.4, -0.2) is 5.78 Å². The smallest absolute Gasteiger partial charge is 0.170 e. The summed E-state index contributed by atoms with van der Waals surface area (Å²) in [6.07, 6.45) is -0.0693. The van der Waals surface area contributed by atoms with Crippen molar-refractivity contribution in [3.05, 3.63) is 63.1 Å². The van der Waals surface area contributed by atoms with Crippen molar-refractivity contribution in [2.24, 2.45) is 0 Å². The summed E-state index contributed by atoms with van der Waals surface area (Å²) in [7, 11) is 0. The largest absolute Gasteiger partial charge is 0.484 e. The zero-order valence-corrected chi connectivity index (χ0v) is 12.3. The number of aryl methyl sites for hydroxylation is 1. The van der Waals surface area contributed by atoms with Crippen LogP contribution in [0.4, 0.5) is 0 Å². The minimum Gasteiger partial charge on any atom is -0.484 e. The zero-order valence-electron chi connectivity index (χ0n) is 10.8. The molecule has 0 fully saturated rings. The first-order valence-electron chi connectivity index (χ1n) is 6.30. The van der Waals surface area contributed by atoms with Gasteiger partial charge in [0.25, 0.3) is 0 Å². The van der Waals surface area contributed by atoms with Gasteiger partial charge in [0.15, 0.2) is 5.78 Å². The van der Waals surface area contributed by atoms with Gasteiger partial charge < -0.3 is 4.74 Å². The SMILES string of the molecule is Cc1ccc2c(c1)C(=O)CC(c1ccc(Cl)cc1Cl)O2. The monoisotopic (exact) mass is 306 g/mol. The minimum atomic E-state index is -0.359. The molecule has 0 radical (unpaired) electrons. The van der Waals surface area contributed by atoms with Crippen molar-refractivity contribution in [2.75, 3.05) is 0 Å². The van der Waals surface area contributed by atoms with E-state index < -0.39 is 0 Å². The van der Waals surface area contributed by atoms with Gasteiger partial charge in [-0.05, 0) is 31.2 Å². The fourth-order valence-corrected chi connectivity index (χ4v) is 2.90. The van der Waals surface area contributed by atoms with Crippen LogP contribution in [0.5, 0.6) is 5.75 Å². The van der Waals surface area contributed by atoms with Crippen molar-refractivity contribution in [1.82, 2.24) is 0 Å². The number of carbonyl (C=O) groups is 1. The van der Waals surface area contributed by atoms with Crippen LogP contribution in [0.2, 0.25) is 10.0 Å². The normalized spacial score (nSPS) is 17.6. The number of Topliss-reactive ketones (excluding diaryl/α,β-unsaturated/α-hetero) is 1. The van der Waals surface area contributed by atoms with Crippen LogP contribution in [-0.2, 0) is 0 Å². The number of rotatable bonds is 1. The van der Waals surface area contributed by atoms with Crippen LogP contribution in [0.15, 0.2) is 36.4 Å². The van der Waals surface area contributed by atoms with Crippen molar-refractivity contribution < 1.29 is 9.53 Å². The molecule has 0 spiro atoms. The van der Waals surface area contributed by atoms with Gasteiger partial charge in [-0.15, -0.1) is 0 Å². The van der Waals surface area contributed by atoms with Crippen molar-refractivity contribution >= 4 is 29.0 Å². The highest BCUT2D eigenvalue weighted by Crippen LogP contribution is 2.38.